The van der Waals surface area contributed by atoms with Gasteiger partial charge in [-0.1, -0.05) is 242 Å². The van der Waals surface area contributed by atoms with Crippen LogP contribution in [0.5, 0.6) is 0 Å². The molecule has 0 saturated carbocycles. The van der Waals surface area contributed by atoms with E-state index in [0.717, 1.165) is 13.0 Å². The summed E-state index contributed by atoms with van der Waals surface area (Å²) in [6, 6.07) is 22.7. The van der Waals surface area contributed by atoms with E-state index in [-0.39, 0.29) is 5.41 Å². The summed E-state index contributed by atoms with van der Waals surface area (Å²) in [5.74, 6) is 1.87. The zero-order valence-electron chi connectivity index (χ0n) is 34.7. The zero-order valence-corrected chi connectivity index (χ0v) is 34.7. The minimum Gasteiger partial charge on any atom is -0.247 e. The summed E-state index contributed by atoms with van der Waals surface area (Å²) in [5, 5.41) is 0. The predicted molar refractivity (Wildman–Crippen MR) is 228 cm³/mol. The van der Waals surface area contributed by atoms with Crippen LogP contribution in [0.1, 0.15) is 223 Å². The summed E-state index contributed by atoms with van der Waals surface area (Å²) in [4.78, 5) is 3.82. The lowest BCUT2D eigenvalue weighted by Gasteiger charge is -2.37. The number of hydrogen-bond donors (Lipinski definition) is 1. The van der Waals surface area contributed by atoms with E-state index in [1.54, 1.807) is 0 Å². The Labute approximate surface area is 323 Å². The molecule has 0 bridgehead atoms. The number of aromatic nitrogens is 2. The van der Waals surface area contributed by atoms with E-state index in [2.05, 4.69) is 103 Å². The molecule has 0 aliphatic heterocycles. The number of rotatable bonds is 34. The molecule has 0 aliphatic rings. The van der Waals surface area contributed by atoms with E-state index in [9.17, 15) is 0 Å². The molecule has 2 heteroatoms. The Hall–Kier alpha value is -2.35. The molecule has 0 amide bonds. The van der Waals surface area contributed by atoms with E-state index in [1.807, 2.05) is 0 Å². The van der Waals surface area contributed by atoms with Gasteiger partial charge in [-0.15, -0.1) is 0 Å². The number of aryl methyl sites for hydroxylation is 1. The van der Waals surface area contributed by atoms with Crippen LogP contribution in [0, 0.1) is 0 Å². The molecular weight excluding hydrogens is 629 g/mol. The van der Waals surface area contributed by atoms with Crippen LogP contribution < -0.4 is 4.57 Å². The minimum atomic E-state index is 0.00272. The third kappa shape index (κ3) is 18.1. The zero-order chi connectivity index (χ0) is 36.8. The molecule has 292 valence electrons. The van der Waals surface area contributed by atoms with Crippen LogP contribution in [0.3, 0.4) is 0 Å². The number of unbranched alkanes of at least 4 members (excludes halogenated alkanes) is 25. The van der Waals surface area contributed by atoms with Crippen LogP contribution in [0.2, 0.25) is 0 Å². The first-order valence-electron chi connectivity index (χ1n) is 22.8. The van der Waals surface area contributed by atoms with Gasteiger partial charge in [0.2, 0.25) is 0 Å². The first-order chi connectivity index (χ1) is 25.7. The molecule has 2 atom stereocenters. The van der Waals surface area contributed by atoms with Crippen LogP contribution in [-0.4, -0.2) is 4.98 Å². The fourth-order valence-corrected chi connectivity index (χ4v) is 8.74. The third-order valence-corrected chi connectivity index (χ3v) is 12.1. The number of nitrogens with one attached hydrogen (secondary N) is 1. The molecule has 0 radical (unpaired) electrons. The molecule has 1 aromatic heterocycles. The first-order valence-corrected chi connectivity index (χ1v) is 22.8. The van der Waals surface area contributed by atoms with E-state index in [0.29, 0.717) is 5.92 Å². The van der Waals surface area contributed by atoms with Crippen molar-refractivity contribution in [3.05, 3.63) is 90.0 Å². The van der Waals surface area contributed by atoms with Crippen molar-refractivity contribution in [2.45, 2.75) is 225 Å². The average Bonchev–Trinajstić information content (AvgIpc) is 3.63. The number of imidazole rings is 1. The van der Waals surface area contributed by atoms with Crippen molar-refractivity contribution in [1.29, 1.82) is 0 Å². The lowest BCUT2D eigenvalue weighted by Crippen LogP contribution is -2.43. The number of aromatic amines is 1. The molecule has 0 aliphatic carbocycles. The number of nitrogens with zero attached hydrogens (tertiary/aromatic N) is 1. The largest absolute Gasteiger partial charge is 0.258 e. The second-order valence-electron chi connectivity index (χ2n) is 16.7. The quantitative estimate of drug-likeness (QED) is 0.0470. The molecule has 1 N–H and O–H groups in total. The van der Waals surface area contributed by atoms with Crippen LogP contribution in [-0.2, 0) is 18.4 Å². The fraction of sp³-hybridized carbons (Fsp3) is 0.700. The molecule has 2 aromatic carbocycles. The van der Waals surface area contributed by atoms with Gasteiger partial charge in [0.15, 0.2) is 0 Å². The van der Waals surface area contributed by atoms with Gasteiger partial charge in [0.25, 0.3) is 5.82 Å². The third-order valence-electron chi connectivity index (χ3n) is 12.1. The Kier molecular flexibility index (Phi) is 24.6. The summed E-state index contributed by atoms with van der Waals surface area (Å²) >= 11 is 0. The van der Waals surface area contributed by atoms with Crippen LogP contribution in [0.25, 0.3) is 0 Å². The maximum absolute atomic E-state index is 3.82. The van der Waals surface area contributed by atoms with E-state index in [4.69, 9.17) is 0 Å². The number of H-pyrrole nitrogens is 1. The molecular formula is C50H83N2+. The van der Waals surface area contributed by atoms with Gasteiger partial charge in [0.05, 0.1) is 12.5 Å². The van der Waals surface area contributed by atoms with Gasteiger partial charge in [-0.3, -0.25) is 0 Å². The lowest BCUT2D eigenvalue weighted by atomic mass is 9.66. The van der Waals surface area contributed by atoms with Gasteiger partial charge in [-0.2, -0.15) is 0 Å². The standard InChI is InChI=1S/C50H82N2/c1-4-6-8-10-12-14-16-17-18-19-20-21-22-24-26-28-36-43-52-44-42-51-49(52)48(41-35-27-25-23-15-13-11-9-7-5-2)50(3,47-39-33-30-34-40-47)45-46-37-31-29-32-38-46/h29-34,37-40,42,44,48H,4-28,35-36,41,43,45H2,1-3H3/p+1. The molecule has 0 fully saturated rings. The molecule has 0 saturated heterocycles. The molecule has 3 aromatic rings. The molecule has 2 unspecified atom stereocenters. The molecule has 0 spiro atoms. The van der Waals surface area contributed by atoms with Crippen LogP contribution in [0.15, 0.2) is 73.1 Å². The van der Waals surface area contributed by atoms with Crippen molar-refractivity contribution in [1.82, 2.24) is 4.98 Å². The Morgan fingerprint density at radius 3 is 1.37 bits per heavy atom. The topological polar surface area (TPSA) is 19.7 Å². The Balaban J connectivity index is 1.48. The Morgan fingerprint density at radius 1 is 0.500 bits per heavy atom. The second kappa shape index (κ2) is 29.1. The monoisotopic (exact) mass is 712 g/mol. The minimum absolute atomic E-state index is 0.00272. The van der Waals surface area contributed by atoms with E-state index in [1.165, 1.54) is 197 Å². The predicted octanol–water partition coefficient (Wildman–Crippen LogP) is 15.5. The van der Waals surface area contributed by atoms with Crippen molar-refractivity contribution in [3.8, 4) is 0 Å². The van der Waals surface area contributed by atoms with Crippen LogP contribution >= 0.6 is 0 Å². The highest BCUT2D eigenvalue weighted by Gasteiger charge is 2.41. The average molecular weight is 712 g/mol. The van der Waals surface area contributed by atoms with Gasteiger partial charge >= 0.3 is 0 Å². The summed E-state index contributed by atoms with van der Waals surface area (Å²) in [6.07, 6.45) is 44.9. The van der Waals surface area contributed by atoms with Crippen LogP contribution in [0.4, 0.5) is 0 Å². The molecule has 2 nitrogen and oxygen atoms in total. The van der Waals surface area contributed by atoms with Crippen molar-refractivity contribution >= 4 is 0 Å². The van der Waals surface area contributed by atoms with Gasteiger partial charge in [0.1, 0.15) is 12.4 Å². The highest BCUT2D eigenvalue weighted by atomic mass is 15.1. The van der Waals surface area contributed by atoms with Crippen molar-refractivity contribution in [2.75, 3.05) is 0 Å². The summed E-state index contributed by atoms with van der Waals surface area (Å²) < 4.78 is 2.60. The molecule has 52 heavy (non-hydrogen) atoms. The van der Waals surface area contributed by atoms with Gasteiger partial charge in [-0.05, 0) is 36.8 Å². The molecule has 3 rings (SSSR count). The number of benzene rings is 2. The Bertz CT molecular complexity index is 1200. The smallest absolute Gasteiger partial charge is 0.247 e. The Morgan fingerprint density at radius 2 is 0.904 bits per heavy atom. The number of hydrogen-bond acceptors (Lipinski definition) is 0. The van der Waals surface area contributed by atoms with Crippen molar-refractivity contribution < 1.29 is 4.57 Å². The van der Waals surface area contributed by atoms with E-state index < -0.39 is 0 Å². The second-order valence-corrected chi connectivity index (χ2v) is 16.7. The SMILES string of the molecule is CCCCCCCCCCCCCCCCCCC[n+]1cc[nH]c1C(CCCCCCCCCCCC)C(C)(Cc1ccccc1)c1ccccc1. The highest BCUT2D eigenvalue weighted by Crippen LogP contribution is 2.43. The fourth-order valence-electron chi connectivity index (χ4n) is 8.74. The molecule has 1 heterocycles. The highest BCUT2D eigenvalue weighted by molar-refractivity contribution is 5.32. The van der Waals surface area contributed by atoms with Crippen molar-refractivity contribution in [2.24, 2.45) is 0 Å². The van der Waals surface area contributed by atoms with Crippen molar-refractivity contribution in [3.63, 3.8) is 0 Å². The summed E-state index contributed by atoms with van der Waals surface area (Å²) in [6.45, 7) is 8.30. The first kappa shape index (κ1) is 44.0. The lowest BCUT2D eigenvalue weighted by molar-refractivity contribution is -0.705. The maximum Gasteiger partial charge on any atom is 0.258 e. The maximum atomic E-state index is 3.82. The normalized spacial score (nSPS) is 13.4. The van der Waals surface area contributed by atoms with Gasteiger partial charge in [-0.25, -0.2) is 9.55 Å². The van der Waals surface area contributed by atoms with Gasteiger partial charge < -0.3 is 0 Å². The summed E-state index contributed by atoms with van der Waals surface area (Å²) in [5.41, 5.74) is 2.91. The van der Waals surface area contributed by atoms with Gasteiger partial charge in [0, 0.05) is 5.41 Å². The van der Waals surface area contributed by atoms with E-state index >= 15 is 0 Å². The summed E-state index contributed by atoms with van der Waals surface area (Å²) in [7, 11) is 0.